The number of rotatable bonds is 7. The molecule has 0 saturated carbocycles. The molecule has 112 valence electrons. The van der Waals surface area contributed by atoms with Gasteiger partial charge in [0.2, 0.25) is 0 Å². The summed E-state index contributed by atoms with van der Waals surface area (Å²) in [4.78, 5) is 4.28. The van der Waals surface area contributed by atoms with Crippen molar-refractivity contribution >= 4 is 0 Å². The Labute approximate surface area is 128 Å². The van der Waals surface area contributed by atoms with Crippen molar-refractivity contribution in [3.63, 3.8) is 0 Å². The minimum Gasteiger partial charge on any atom is -0.306 e. The maximum Gasteiger partial charge on any atom is 0.0580 e. The van der Waals surface area contributed by atoms with E-state index in [0.717, 1.165) is 25.8 Å². The number of aromatic nitrogens is 1. The molecular formula is C19H26N2. The minimum absolute atomic E-state index is 0.259. The average Bonchev–Trinajstić information content (AvgIpc) is 2.56. The second-order valence-electron chi connectivity index (χ2n) is 5.41. The van der Waals surface area contributed by atoms with Crippen LogP contribution in [0.4, 0.5) is 0 Å². The van der Waals surface area contributed by atoms with E-state index >= 15 is 0 Å². The molecule has 0 amide bonds. The standard InChI is InChI=1S/C19H26N2/c1-4-11-21-19(17-9-7-8-15(5-2)13-17)18-10-12-20-14-16(18)6-3/h7-10,12-14,19,21H,4-6,11H2,1-3H3. The zero-order chi connectivity index (χ0) is 15.1. The van der Waals surface area contributed by atoms with Crippen molar-refractivity contribution in [2.75, 3.05) is 6.54 Å². The summed E-state index contributed by atoms with van der Waals surface area (Å²) in [6.07, 6.45) is 7.13. The Morgan fingerprint density at radius 3 is 2.67 bits per heavy atom. The summed E-state index contributed by atoms with van der Waals surface area (Å²) in [6.45, 7) is 7.63. The van der Waals surface area contributed by atoms with Crippen LogP contribution in [-0.2, 0) is 12.8 Å². The van der Waals surface area contributed by atoms with Gasteiger partial charge in [-0.25, -0.2) is 0 Å². The quantitative estimate of drug-likeness (QED) is 0.819. The van der Waals surface area contributed by atoms with E-state index in [1.807, 2.05) is 12.4 Å². The molecule has 2 rings (SSSR count). The van der Waals surface area contributed by atoms with Crippen molar-refractivity contribution in [1.82, 2.24) is 10.3 Å². The maximum absolute atomic E-state index is 4.28. The fourth-order valence-corrected chi connectivity index (χ4v) is 2.70. The number of pyridine rings is 1. The van der Waals surface area contributed by atoms with Crippen molar-refractivity contribution in [2.24, 2.45) is 0 Å². The van der Waals surface area contributed by atoms with Gasteiger partial charge >= 0.3 is 0 Å². The predicted molar refractivity (Wildman–Crippen MR) is 89.6 cm³/mol. The second kappa shape index (κ2) is 7.94. The number of nitrogens with one attached hydrogen (secondary N) is 1. The Morgan fingerprint density at radius 1 is 1.10 bits per heavy atom. The highest BCUT2D eigenvalue weighted by Gasteiger charge is 2.16. The van der Waals surface area contributed by atoms with E-state index in [1.54, 1.807) is 0 Å². The molecule has 1 heterocycles. The molecule has 21 heavy (non-hydrogen) atoms. The normalized spacial score (nSPS) is 12.3. The van der Waals surface area contributed by atoms with Crippen molar-refractivity contribution in [3.8, 4) is 0 Å². The Bertz CT molecular complexity index is 563. The SMILES string of the molecule is CCCNC(c1cccc(CC)c1)c1ccncc1CC. The summed E-state index contributed by atoms with van der Waals surface area (Å²) in [5.41, 5.74) is 5.42. The first-order valence-electron chi connectivity index (χ1n) is 8.05. The number of hydrogen-bond acceptors (Lipinski definition) is 2. The maximum atomic E-state index is 4.28. The Morgan fingerprint density at radius 2 is 1.95 bits per heavy atom. The minimum atomic E-state index is 0.259. The van der Waals surface area contributed by atoms with Crippen LogP contribution < -0.4 is 5.32 Å². The van der Waals surface area contributed by atoms with Gasteiger partial charge in [-0.15, -0.1) is 0 Å². The van der Waals surface area contributed by atoms with Gasteiger partial charge in [-0.3, -0.25) is 4.98 Å². The highest BCUT2D eigenvalue weighted by molar-refractivity contribution is 5.37. The molecule has 0 bridgehead atoms. The van der Waals surface area contributed by atoms with Gasteiger partial charge in [-0.05, 0) is 54.1 Å². The van der Waals surface area contributed by atoms with Crippen molar-refractivity contribution in [3.05, 3.63) is 65.0 Å². The number of nitrogens with zero attached hydrogens (tertiary/aromatic N) is 1. The summed E-state index contributed by atoms with van der Waals surface area (Å²) >= 11 is 0. The second-order valence-corrected chi connectivity index (χ2v) is 5.41. The van der Waals surface area contributed by atoms with Crippen molar-refractivity contribution < 1.29 is 0 Å². The molecule has 0 spiro atoms. The number of benzene rings is 1. The molecule has 0 aliphatic heterocycles. The molecule has 0 aliphatic carbocycles. The van der Waals surface area contributed by atoms with Crippen LogP contribution in [0.3, 0.4) is 0 Å². The lowest BCUT2D eigenvalue weighted by Crippen LogP contribution is -2.24. The Kier molecular flexibility index (Phi) is 5.94. The predicted octanol–water partition coefficient (Wildman–Crippen LogP) is 4.30. The molecule has 0 saturated heterocycles. The first kappa shape index (κ1) is 15.7. The topological polar surface area (TPSA) is 24.9 Å². The molecule has 0 aliphatic rings. The summed E-state index contributed by atoms with van der Waals surface area (Å²) in [5.74, 6) is 0. The van der Waals surface area contributed by atoms with Crippen molar-refractivity contribution in [1.29, 1.82) is 0 Å². The van der Waals surface area contributed by atoms with E-state index in [9.17, 15) is 0 Å². The van der Waals surface area contributed by atoms with Gasteiger partial charge in [0.05, 0.1) is 6.04 Å². The van der Waals surface area contributed by atoms with Gasteiger partial charge in [0.15, 0.2) is 0 Å². The zero-order valence-electron chi connectivity index (χ0n) is 13.4. The molecule has 1 aromatic carbocycles. The lowest BCUT2D eigenvalue weighted by Gasteiger charge is -2.22. The fourth-order valence-electron chi connectivity index (χ4n) is 2.70. The van der Waals surface area contributed by atoms with Crippen LogP contribution in [0.2, 0.25) is 0 Å². The van der Waals surface area contributed by atoms with Gasteiger partial charge in [-0.2, -0.15) is 0 Å². The highest BCUT2D eigenvalue weighted by atomic mass is 14.9. The molecule has 0 radical (unpaired) electrons. The van der Waals surface area contributed by atoms with Crippen LogP contribution in [0.1, 0.15) is 55.5 Å². The van der Waals surface area contributed by atoms with Crippen LogP contribution in [0, 0.1) is 0 Å². The zero-order valence-corrected chi connectivity index (χ0v) is 13.4. The third kappa shape index (κ3) is 3.92. The molecular weight excluding hydrogens is 256 g/mol. The smallest absolute Gasteiger partial charge is 0.0580 e. The first-order chi connectivity index (χ1) is 10.3. The molecule has 2 heteroatoms. The van der Waals surface area contributed by atoms with Gasteiger partial charge in [0.25, 0.3) is 0 Å². The molecule has 2 nitrogen and oxygen atoms in total. The van der Waals surface area contributed by atoms with Gasteiger partial charge in [-0.1, -0.05) is 45.0 Å². The summed E-state index contributed by atoms with van der Waals surface area (Å²) in [6, 6.07) is 11.3. The average molecular weight is 282 g/mol. The molecule has 1 atom stereocenters. The van der Waals surface area contributed by atoms with Crippen molar-refractivity contribution in [2.45, 2.75) is 46.1 Å². The number of hydrogen-bond donors (Lipinski definition) is 1. The van der Waals surface area contributed by atoms with Gasteiger partial charge in [0.1, 0.15) is 0 Å². The third-order valence-corrected chi connectivity index (χ3v) is 3.92. The van der Waals surface area contributed by atoms with Crippen LogP contribution in [0.5, 0.6) is 0 Å². The molecule has 2 aromatic rings. The van der Waals surface area contributed by atoms with E-state index in [2.05, 4.69) is 61.4 Å². The Balaban J connectivity index is 2.41. The monoisotopic (exact) mass is 282 g/mol. The fraction of sp³-hybridized carbons (Fsp3) is 0.421. The lowest BCUT2D eigenvalue weighted by molar-refractivity contribution is 0.593. The first-order valence-corrected chi connectivity index (χ1v) is 8.05. The summed E-state index contributed by atoms with van der Waals surface area (Å²) in [7, 11) is 0. The molecule has 1 aromatic heterocycles. The Hall–Kier alpha value is -1.67. The van der Waals surface area contributed by atoms with E-state index in [-0.39, 0.29) is 6.04 Å². The lowest BCUT2D eigenvalue weighted by atomic mass is 9.93. The number of aryl methyl sites for hydroxylation is 2. The van der Waals surface area contributed by atoms with Gasteiger partial charge < -0.3 is 5.32 Å². The van der Waals surface area contributed by atoms with Crippen LogP contribution in [0.25, 0.3) is 0 Å². The third-order valence-electron chi connectivity index (χ3n) is 3.92. The van der Waals surface area contributed by atoms with E-state index in [1.165, 1.54) is 22.3 Å². The van der Waals surface area contributed by atoms with E-state index < -0.39 is 0 Å². The molecule has 1 N–H and O–H groups in total. The molecule has 0 fully saturated rings. The van der Waals surface area contributed by atoms with Crippen LogP contribution in [0.15, 0.2) is 42.7 Å². The van der Waals surface area contributed by atoms with Crippen LogP contribution in [-0.4, -0.2) is 11.5 Å². The molecule has 1 unspecified atom stereocenters. The van der Waals surface area contributed by atoms with Crippen LogP contribution >= 0.6 is 0 Å². The summed E-state index contributed by atoms with van der Waals surface area (Å²) < 4.78 is 0. The van der Waals surface area contributed by atoms with E-state index in [4.69, 9.17) is 0 Å². The van der Waals surface area contributed by atoms with E-state index in [0.29, 0.717) is 0 Å². The summed E-state index contributed by atoms with van der Waals surface area (Å²) in [5, 5.41) is 3.70. The van der Waals surface area contributed by atoms with Gasteiger partial charge in [0, 0.05) is 12.4 Å². The largest absolute Gasteiger partial charge is 0.306 e. The highest BCUT2D eigenvalue weighted by Crippen LogP contribution is 2.26.